The first-order chi connectivity index (χ1) is 13.8. The van der Waals surface area contributed by atoms with Crippen molar-refractivity contribution in [2.24, 2.45) is 0 Å². The maximum Gasteiger partial charge on any atom is 0.341 e. The monoisotopic (exact) mass is 405 g/mol. The third-order valence-electron chi connectivity index (χ3n) is 3.80. The van der Waals surface area contributed by atoms with Crippen molar-refractivity contribution in [3.05, 3.63) is 64.0 Å². The van der Waals surface area contributed by atoms with Crippen LogP contribution in [0.25, 0.3) is 0 Å². The highest BCUT2D eigenvalue weighted by Gasteiger charge is 2.23. The van der Waals surface area contributed by atoms with Gasteiger partial charge in [-0.1, -0.05) is 6.07 Å². The molecule has 0 fully saturated rings. The molecule has 0 bridgehead atoms. The van der Waals surface area contributed by atoms with Gasteiger partial charge in [0.25, 0.3) is 11.6 Å². The van der Waals surface area contributed by atoms with Crippen LogP contribution in [0.4, 0.5) is 21.5 Å². The van der Waals surface area contributed by atoms with Gasteiger partial charge < -0.3 is 20.1 Å². The van der Waals surface area contributed by atoms with Crippen LogP contribution < -0.4 is 10.6 Å². The summed E-state index contributed by atoms with van der Waals surface area (Å²) in [6.07, 6.45) is -1.23. The van der Waals surface area contributed by atoms with E-state index >= 15 is 0 Å². The summed E-state index contributed by atoms with van der Waals surface area (Å²) in [5.74, 6) is -2.13. The van der Waals surface area contributed by atoms with Crippen molar-refractivity contribution in [2.75, 3.05) is 30.9 Å². The molecule has 0 saturated heterocycles. The quantitative estimate of drug-likeness (QED) is 0.285. The lowest BCUT2D eigenvalue weighted by Gasteiger charge is -2.16. The van der Waals surface area contributed by atoms with Crippen LogP contribution in [0.5, 0.6) is 0 Å². The molecule has 1 atom stereocenters. The molecule has 0 heterocycles. The molecule has 0 saturated carbocycles. The minimum absolute atomic E-state index is 0.0966. The van der Waals surface area contributed by atoms with E-state index in [2.05, 4.69) is 10.6 Å². The smallest absolute Gasteiger partial charge is 0.341 e. The maximum atomic E-state index is 13.2. The first kappa shape index (κ1) is 21.8. The predicted octanol–water partition coefficient (Wildman–Crippen LogP) is 2.98. The van der Waals surface area contributed by atoms with Crippen LogP contribution in [-0.2, 0) is 14.3 Å². The fraction of sp³-hybridized carbons (Fsp3) is 0.263. The van der Waals surface area contributed by atoms with Gasteiger partial charge in [-0.2, -0.15) is 0 Å². The molecule has 2 aromatic carbocycles. The Hall–Kier alpha value is -3.53. The summed E-state index contributed by atoms with van der Waals surface area (Å²) < 4.78 is 23.3. The number of non-ortho nitro benzene ring substituents is 1. The third kappa shape index (κ3) is 6.25. The Morgan fingerprint density at radius 2 is 2.00 bits per heavy atom. The van der Waals surface area contributed by atoms with Gasteiger partial charge in [-0.25, -0.2) is 9.18 Å². The van der Waals surface area contributed by atoms with Gasteiger partial charge in [0, 0.05) is 37.2 Å². The Balaban J connectivity index is 2.13. The highest BCUT2D eigenvalue weighted by Crippen LogP contribution is 2.23. The van der Waals surface area contributed by atoms with Crippen molar-refractivity contribution >= 4 is 28.9 Å². The number of nitrogens with one attached hydrogen (secondary N) is 2. The van der Waals surface area contributed by atoms with Crippen molar-refractivity contribution in [1.82, 2.24) is 0 Å². The van der Waals surface area contributed by atoms with Gasteiger partial charge in [-0.3, -0.25) is 14.9 Å². The molecule has 0 radical (unpaired) electrons. The Morgan fingerprint density at radius 1 is 1.24 bits per heavy atom. The number of nitrogens with zero attached hydrogens (tertiary/aromatic N) is 1. The van der Waals surface area contributed by atoms with E-state index < -0.39 is 28.7 Å². The summed E-state index contributed by atoms with van der Waals surface area (Å²) in [6.45, 7) is 2.03. The fourth-order valence-corrected chi connectivity index (χ4v) is 2.34. The number of anilines is 2. The van der Waals surface area contributed by atoms with Crippen LogP contribution in [0, 0.1) is 15.9 Å². The number of methoxy groups -OCH3 is 1. The lowest BCUT2D eigenvalue weighted by Crippen LogP contribution is -2.30. The van der Waals surface area contributed by atoms with Crippen LogP contribution in [0.1, 0.15) is 17.3 Å². The van der Waals surface area contributed by atoms with E-state index in [9.17, 15) is 24.1 Å². The molecular formula is C19H20FN3O6. The molecule has 2 aromatic rings. The highest BCUT2D eigenvalue weighted by molar-refractivity contribution is 6.00. The van der Waals surface area contributed by atoms with E-state index in [1.54, 1.807) is 0 Å². The van der Waals surface area contributed by atoms with Crippen LogP contribution in [0.3, 0.4) is 0 Å². The summed E-state index contributed by atoms with van der Waals surface area (Å²) in [7, 11) is 1.51. The van der Waals surface area contributed by atoms with E-state index in [4.69, 9.17) is 9.47 Å². The van der Waals surface area contributed by atoms with Crippen molar-refractivity contribution in [3.63, 3.8) is 0 Å². The Bertz CT molecular complexity index is 905. The summed E-state index contributed by atoms with van der Waals surface area (Å²) in [5.41, 5.74) is 0.109. The number of hydrogen-bond donors (Lipinski definition) is 2. The van der Waals surface area contributed by atoms with Crippen molar-refractivity contribution in [1.29, 1.82) is 0 Å². The average Bonchev–Trinajstić information content (AvgIpc) is 2.68. The third-order valence-corrected chi connectivity index (χ3v) is 3.80. The van der Waals surface area contributed by atoms with Crippen molar-refractivity contribution in [3.8, 4) is 0 Å². The van der Waals surface area contributed by atoms with Gasteiger partial charge in [0.05, 0.1) is 17.1 Å². The van der Waals surface area contributed by atoms with Gasteiger partial charge in [-0.15, -0.1) is 0 Å². The molecule has 10 heteroatoms. The number of nitro groups is 1. The lowest BCUT2D eigenvalue weighted by atomic mass is 10.1. The SMILES string of the molecule is COCCNc1ccc([N+](=O)[O-])cc1C(=O)O[C@H](C)C(=O)Nc1cccc(F)c1. The molecular weight excluding hydrogens is 385 g/mol. The largest absolute Gasteiger partial charge is 0.449 e. The first-order valence-electron chi connectivity index (χ1n) is 8.60. The van der Waals surface area contributed by atoms with E-state index in [0.29, 0.717) is 18.8 Å². The van der Waals surface area contributed by atoms with Crippen LogP contribution in [0.15, 0.2) is 42.5 Å². The van der Waals surface area contributed by atoms with E-state index in [1.165, 1.54) is 44.4 Å². The number of esters is 1. The molecule has 0 aromatic heterocycles. The molecule has 154 valence electrons. The zero-order valence-electron chi connectivity index (χ0n) is 15.8. The molecule has 0 aliphatic carbocycles. The second-order valence-electron chi connectivity index (χ2n) is 5.95. The Labute approximate surface area is 166 Å². The number of rotatable bonds is 9. The molecule has 0 unspecified atom stereocenters. The molecule has 1 amide bonds. The Kier molecular flexibility index (Phi) is 7.61. The second-order valence-corrected chi connectivity index (χ2v) is 5.95. The second kappa shape index (κ2) is 10.1. The van der Waals surface area contributed by atoms with Crippen LogP contribution >= 0.6 is 0 Å². The zero-order valence-corrected chi connectivity index (χ0v) is 15.8. The zero-order chi connectivity index (χ0) is 21.4. The molecule has 0 spiro atoms. The maximum absolute atomic E-state index is 13.2. The summed E-state index contributed by atoms with van der Waals surface area (Å²) >= 11 is 0. The molecule has 0 aliphatic rings. The summed E-state index contributed by atoms with van der Waals surface area (Å²) in [4.78, 5) is 35.1. The average molecular weight is 405 g/mol. The van der Waals surface area contributed by atoms with E-state index in [1.807, 2.05) is 0 Å². The molecule has 9 nitrogen and oxygen atoms in total. The summed E-state index contributed by atoms with van der Waals surface area (Å²) in [6, 6.07) is 8.92. The standard InChI is InChI=1S/C19H20FN3O6/c1-12(18(24)22-14-5-3-4-13(20)10-14)29-19(25)16-11-15(23(26)27)6-7-17(16)21-8-9-28-2/h3-7,10-12,21H,8-9H2,1-2H3,(H,22,24)/t12-/m1/s1. The number of ether oxygens (including phenoxy) is 2. The predicted molar refractivity (Wildman–Crippen MR) is 103 cm³/mol. The normalized spacial score (nSPS) is 11.4. The number of carbonyl (C=O) groups is 2. The molecule has 2 rings (SSSR count). The van der Waals surface area contributed by atoms with Crippen LogP contribution in [-0.4, -0.2) is 43.2 Å². The number of hydrogen-bond acceptors (Lipinski definition) is 7. The minimum Gasteiger partial charge on any atom is -0.449 e. The van der Waals surface area contributed by atoms with Crippen LogP contribution in [0.2, 0.25) is 0 Å². The number of benzene rings is 2. The van der Waals surface area contributed by atoms with E-state index in [0.717, 1.165) is 12.1 Å². The minimum atomic E-state index is -1.23. The van der Waals surface area contributed by atoms with Gasteiger partial charge in [0.2, 0.25) is 0 Å². The number of carbonyl (C=O) groups excluding carboxylic acids is 2. The molecule has 29 heavy (non-hydrogen) atoms. The fourth-order valence-electron chi connectivity index (χ4n) is 2.34. The summed E-state index contributed by atoms with van der Waals surface area (Å²) in [5, 5.41) is 16.4. The molecule has 2 N–H and O–H groups in total. The van der Waals surface area contributed by atoms with Crippen molar-refractivity contribution < 1.29 is 28.4 Å². The molecule has 0 aliphatic heterocycles. The van der Waals surface area contributed by atoms with Gasteiger partial charge >= 0.3 is 5.97 Å². The Morgan fingerprint density at radius 3 is 2.66 bits per heavy atom. The van der Waals surface area contributed by atoms with Gasteiger partial charge in [0.15, 0.2) is 6.10 Å². The first-order valence-corrected chi connectivity index (χ1v) is 8.60. The highest BCUT2D eigenvalue weighted by atomic mass is 19.1. The van der Waals surface area contributed by atoms with Gasteiger partial charge in [-0.05, 0) is 31.2 Å². The number of nitro benzene ring substituents is 1. The number of amides is 1. The van der Waals surface area contributed by atoms with Gasteiger partial charge in [0.1, 0.15) is 5.82 Å². The lowest BCUT2D eigenvalue weighted by molar-refractivity contribution is -0.384. The van der Waals surface area contributed by atoms with E-state index in [-0.39, 0.29) is 16.9 Å². The topological polar surface area (TPSA) is 120 Å². The number of halogens is 1. The van der Waals surface area contributed by atoms with Crippen molar-refractivity contribution in [2.45, 2.75) is 13.0 Å².